The summed E-state index contributed by atoms with van der Waals surface area (Å²) in [4.78, 5) is 32.7. The third kappa shape index (κ3) is 4.48. The van der Waals surface area contributed by atoms with Crippen molar-refractivity contribution >= 4 is 34.9 Å². The lowest BCUT2D eigenvalue weighted by Gasteiger charge is -2.39. The molecule has 2 aromatic heterocycles. The van der Waals surface area contributed by atoms with Crippen molar-refractivity contribution in [2.75, 3.05) is 13.2 Å². The van der Waals surface area contributed by atoms with E-state index in [1.807, 2.05) is 0 Å². The third-order valence-electron chi connectivity index (χ3n) is 6.26. The largest absolute Gasteiger partial charge is 0.394 e. The number of rotatable bonds is 8. The molecular weight excluding hydrogens is 534 g/mol. The number of fused-ring (bicyclic) bond motifs is 1. The Morgan fingerprint density at radius 3 is 2.45 bits per heavy atom. The topological polar surface area (TPSA) is 97.6 Å². The Morgan fingerprint density at radius 2 is 1.82 bits per heavy atom. The number of aryl methyl sites for hydroxylation is 1. The quantitative estimate of drug-likeness (QED) is 0.325. The van der Waals surface area contributed by atoms with E-state index in [2.05, 4.69) is 10.1 Å². The second-order valence-electron chi connectivity index (χ2n) is 8.69. The van der Waals surface area contributed by atoms with E-state index in [0.29, 0.717) is 21.3 Å². The molecule has 1 aliphatic heterocycles. The molecule has 38 heavy (non-hydrogen) atoms. The van der Waals surface area contributed by atoms with E-state index >= 15 is 4.39 Å². The summed E-state index contributed by atoms with van der Waals surface area (Å²) in [6, 6.07) is 12.2. The molecule has 3 heterocycles. The second-order valence-corrected chi connectivity index (χ2v) is 9.57. The molecule has 2 aromatic carbocycles. The number of aliphatic hydroxyl groups excluding tert-OH is 1. The molecule has 0 saturated heterocycles. The highest BCUT2D eigenvalue weighted by Gasteiger charge is 2.54. The summed E-state index contributed by atoms with van der Waals surface area (Å²) < 4.78 is 23.7. The zero-order valence-electron chi connectivity index (χ0n) is 20.1. The monoisotopic (exact) mass is 554 g/mol. The van der Waals surface area contributed by atoms with E-state index in [4.69, 9.17) is 27.9 Å². The van der Waals surface area contributed by atoms with Crippen LogP contribution in [0.25, 0.3) is 0 Å². The smallest absolute Gasteiger partial charge is 0.257 e. The minimum Gasteiger partial charge on any atom is -0.394 e. The number of nitrogens with zero attached hydrogens (tertiary/aromatic N) is 4. The van der Waals surface area contributed by atoms with Crippen LogP contribution in [0.1, 0.15) is 43.1 Å². The number of ketones is 1. The number of carbonyl (C=O) groups is 2. The maximum atomic E-state index is 16.1. The lowest BCUT2D eigenvalue weighted by molar-refractivity contribution is -0.120. The van der Waals surface area contributed by atoms with Gasteiger partial charge in [-0.15, -0.1) is 0 Å². The van der Waals surface area contributed by atoms with E-state index in [-0.39, 0.29) is 42.0 Å². The maximum absolute atomic E-state index is 16.1. The van der Waals surface area contributed by atoms with Gasteiger partial charge in [0, 0.05) is 35.6 Å². The highest BCUT2D eigenvalue weighted by atomic mass is 35.5. The summed E-state index contributed by atoms with van der Waals surface area (Å²) in [6.45, 7) is -0.676. The van der Waals surface area contributed by atoms with Gasteiger partial charge in [-0.1, -0.05) is 35.3 Å². The van der Waals surface area contributed by atoms with Crippen LogP contribution in [-0.4, -0.2) is 49.7 Å². The van der Waals surface area contributed by atoms with Gasteiger partial charge in [-0.25, -0.2) is 4.39 Å². The summed E-state index contributed by atoms with van der Waals surface area (Å²) >= 11 is 12.1. The molecule has 1 unspecified atom stereocenters. The van der Waals surface area contributed by atoms with Crippen LogP contribution in [0.3, 0.4) is 0 Å². The lowest BCUT2D eigenvalue weighted by atomic mass is 9.90. The summed E-state index contributed by atoms with van der Waals surface area (Å²) in [5.41, 5.74) is -0.786. The summed E-state index contributed by atoms with van der Waals surface area (Å²) in [5.74, 6) is -1.88. The molecule has 5 rings (SSSR count). The molecule has 0 saturated carbocycles. The molecule has 1 N–H and O–H groups in total. The van der Waals surface area contributed by atoms with Gasteiger partial charge < -0.3 is 9.84 Å². The van der Waals surface area contributed by atoms with Crippen molar-refractivity contribution in [2.24, 2.45) is 7.05 Å². The van der Waals surface area contributed by atoms with Gasteiger partial charge in [0.05, 0.1) is 53.4 Å². The fourth-order valence-electron chi connectivity index (χ4n) is 4.63. The van der Waals surface area contributed by atoms with Crippen molar-refractivity contribution in [2.45, 2.75) is 12.3 Å². The normalized spacial score (nSPS) is 16.7. The number of benzene rings is 2. The van der Waals surface area contributed by atoms with Crippen molar-refractivity contribution in [1.82, 2.24) is 19.7 Å². The minimum absolute atomic E-state index is 0.0127. The fourth-order valence-corrected chi connectivity index (χ4v) is 4.86. The Kier molecular flexibility index (Phi) is 7.02. The number of aromatic nitrogens is 3. The predicted molar refractivity (Wildman–Crippen MR) is 137 cm³/mol. The molecule has 0 fully saturated rings. The molecule has 1 aliphatic rings. The van der Waals surface area contributed by atoms with E-state index in [1.54, 1.807) is 43.4 Å². The first-order chi connectivity index (χ1) is 18.2. The van der Waals surface area contributed by atoms with E-state index < -0.39 is 23.2 Å². The molecule has 0 aliphatic carbocycles. The summed E-state index contributed by atoms with van der Waals surface area (Å²) in [6.07, 6.45) is 4.32. The van der Waals surface area contributed by atoms with Crippen LogP contribution >= 0.6 is 23.2 Å². The molecule has 4 aromatic rings. The maximum Gasteiger partial charge on any atom is 0.257 e. The van der Waals surface area contributed by atoms with Crippen molar-refractivity contribution in [3.8, 4) is 0 Å². The van der Waals surface area contributed by atoms with Crippen molar-refractivity contribution in [3.63, 3.8) is 0 Å². The zero-order chi connectivity index (χ0) is 27.0. The standard InChI is InChI=1S/C27H21Cl2FN4O4/c1-33-14-17(12-32-33)25(36)16-10-22-24(23(30)11-16)27(38-9-8-35,18-2-4-19(28)5-3-18)34(26(22)37)15-21-7-6-20(29)13-31-21/h2-7,10-14,35H,8-9,15H2,1H3. The van der Waals surface area contributed by atoms with Crippen molar-refractivity contribution in [1.29, 1.82) is 0 Å². The molecular formula is C27H21Cl2FN4O4. The van der Waals surface area contributed by atoms with Gasteiger partial charge in [0.15, 0.2) is 11.5 Å². The van der Waals surface area contributed by atoms with Crippen LogP contribution in [0.4, 0.5) is 4.39 Å². The van der Waals surface area contributed by atoms with Crippen LogP contribution in [0.15, 0.2) is 67.1 Å². The first kappa shape index (κ1) is 26.0. The van der Waals surface area contributed by atoms with E-state index in [9.17, 15) is 14.7 Å². The van der Waals surface area contributed by atoms with E-state index in [1.165, 1.54) is 34.2 Å². The van der Waals surface area contributed by atoms with Crippen LogP contribution in [0.2, 0.25) is 10.0 Å². The highest BCUT2D eigenvalue weighted by Crippen LogP contribution is 2.48. The number of halogens is 3. The number of amides is 1. The number of hydrogen-bond donors (Lipinski definition) is 1. The predicted octanol–water partition coefficient (Wildman–Crippen LogP) is 4.36. The van der Waals surface area contributed by atoms with Gasteiger partial charge in [-0.05, 0) is 36.4 Å². The van der Waals surface area contributed by atoms with Crippen molar-refractivity contribution < 1.29 is 23.8 Å². The van der Waals surface area contributed by atoms with E-state index in [0.717, 1.165) is 6.07 Å². The molecule has 1 atom stereocenters. The van der Waals surface area contributed by atoms with Gasteiger partial charge in [-0.3, -0.25) is 24.2 Å². The molecule has 194 valence electrons. The number of ether oxygens (including phenoxy) is 1. The zero-order valence-corrected chi connectivity index (χ0v) is 21.6. The minimum atomic E-state index is -1.78. The Morgan fingerprint density at radius 1 is 1.08 bits per heavy atom. The fraction of sp³-hybridized carbons (Fsp3) is 0.185. The van der Waals surface area contributed by atoms with Crippen LogP contribution < -0.4 is 0 Å². The Hall–Kier alpha value is -3.63. The van der Waals surface area contributed by atoms with Gasteiger partial charge in [0.1, 0.15) is 5.82 Å². The molecule has 0 radical (unpaired) electrons. The lowest BCUT2D eigenvalue weighted by Crippen LogP contribution is -2.47. The van der Waals surface area contributed by atoms with Crippen LogP contribution in [0.5, 0.6) is 0 Å². The van der Waals surface area contributed by atoms with Gasteiger partial charge in [0.25, 0.3) is 5.91 Å². The van der Waals surface area contributed by atoms with Crippen LogP contribution in [0, 0.1) is 5.82 Å². The first-order valence-electron chi connectivity index (χ1n) is 11.5. The van der Waals surface area contributed by atoms with Crippen LogP contribution in [-0.2, 0) is 24.1 Å². The third-order valence-corrected chi connectivity index (χ3v) is 6.74. The Bertz CT molecular complexity index is 1530. The number of pyridine rings is 1. The van der Waals surface area contributed by atoms with Gasteiger partial charge in [0.2, 0.25) is 0 Å². The summed E-state index contributed by atoms with van der Waals surface area (Å²) in [7, 11) is 1.66. The molecule has 8 nitrogen and oxygen atoms in total. The average molecular weight is 555 g/mol. The Labute approximate surface area is 227 Å². The molecule has 1 amide bonds. The Balaban J connectivity index is 1.72. The summed E-state index contributed by atoms with van der Waals surface area (Å²) in [5, 5.41) is 14.5. The number of hydrogen-bond acceptors (Lipinski definition) is 6. The number of carbonyl (C=O) groups excluding carboxylic acids is 2. The van der Waals surface area contributed by atoms with Crippen molar-refractivity contribution in [3.05, 3.63) is 116 Å². The molecule has 0 bridgehead atoms. The SMILES string of the molecule is Cn1cc(C(=O)c2cc(F)c3c(c2)C(=O)N(Cc2ccc(Cl)cn2)C3(OCCO)c2ccc(Cl)cc2)cn1. The molecule has 0 spiro atoms. The molecule has 11 heteroatoms. The van der Waals surface area contributed by atoms with Gasteiger partial charge in [-0.2, -0.15) is 5.10 Å². The number of aliphatic hydroxyl groups is 1. The first-order valence-corrected chi connectivity index (χ1v) is 12.3. The second kappa shape index (κ2) is 10.3. The highest BCUT2D eigenvalue weighted by molar-refractivity contribution is 6.30. The van der Waals surface area contributed by atoms with Gasteiger partial charge >= 0.3 is 0 Å². The average Bonchev–Trinajstić information content (AvgIpc) is 3.44.